The van der Waals surface area contributed by atoms with E-state index < -0.39 is 24.1 Å². The molecule has 1 aromatic carbocycles. The fourth-order valence-electron chi connectivity index (χ4n) is 1.21. The van der Waals surface area contributed by atoms with Crippen LogP contribution in [-0.2, 0) is 9.53 Å². The molecule has 0 bridgehead atoms. The zero-order valence-electron chi connectivity index (χ0n) is 8.47. The zero-order chi connectivity index (χ0) is 13.1. The first-order valence-corrected chi connectivity index (χ1v) is 4.48. The smallest absolute Gasteiger partial charge is 0.405 e. The quantitative estimate of drug-likeness (QED) is 0.841. The van der Waals surface area contributed by atoms with Gasteiger partial charge in [0.25, 0.3) is 0 Å². The molecule has 1 atom stereocenters. The minimum Gasteiger partial charge on any atom is -0.477 e. The number of hydrogen-bond donors (Lipinski definition) is 2. The maximum Gasteiger partial charge on any atom is 0.405 e. The highest BCUT2D eigenvalue weighted by Gasteiger charge is 2.51. The monoisotopic (exact) mass is 245 g/mol. The maximum atomic E-state index is 13.3. The molecular formula is C10H9F2NO4. The molecule has 7 heteroatoms. The molecule has 0 spiro atoms. The minimum absolute atomic E-state index is 0.154. The first-order valence-electron chi connectivity index (χ1n) is 4.48. The van der Waals surface area contributed by atoms with Crippen molar-refractivity contribution in [1.29, 1.82) is 0 Å². The molecule has 0 aromatic heterocycles. The average molecular weight is 245 g/mol. The van der Waals surface area contributed by atoms with E-state index in [9.17, 15) is 18.4 Å². The van der Waals surface area contributed by atoms with Crippen LogP contribution < -0.4 is 5.73 Å². The average Bonchev–Trinajstić information content (AvgIpc) is 2.26. The third-order valence-electron chi connectivity index (χ3n) is 1.95. The number of amides is 1. The van der Waals surface area contributed by atoms with Crippen molar-refractivity contribution < 1.29 is 28.2 Å². The number of carboxylic acid groups (broad SMARTS) is 1. The van der Waals surface area contributed by atoms with E-state index in [2.05, 4.69) is 10.5 Å². The van der Waals surface area contributed by atoms with E-state index in [4.69, 9.17) is 5.11 Å². The number of benzene rings is 1. The number of primary amides is 1. The van der Waals surface area contributed by atoms with Gasteiger partial charge in [-0.05, 0) is 5.56 Å². The van der Waals surface area contributed by atoms with Crippen molar-refractivity contribution in [2.45, 2.75) is 12.0 Å². The molecule has 1 rings (SSSR count). The summed E-state index contributed by atoms with van der Waals surface area (Å²) in [6, 6.07) is 6.79. The van der Waals surface area contributed by atoms with Crippen molar-refractivity contribution in [3.8, 4) is 0 Å². The third-order valence-corrected chi connectivity index (χ3v) is 1.95. The predicted molar refractivity (Wildman–Crippen MR) is 52.4 cm³/mol. The summed E-state index contributed by atoms with van der Waals surface area (Å²) in [6.45, 7) is 0. The van der Waals surface area contributed by atoms with Gasteiger partial charge in [-0.3, -0.25) is 0 Å². The molecule has 0 saturated carbocycles. The summed E-state index contributed by atoms with van der Waals surface area (Å²) in [4.78, 5) is 21.0. The van der Waals surface area contributed by atoms with Gasteiger partial charge < -0.3 is 15.6 Å². The lowest BCUT2D eigenvalue weighted by molar-refractivity contribution is -0.182. The molecule has 0 radical (unpaired) electrons. The van der Waals surface area contributed by atoms with Crippen molar-refractivity contribution in [3.63, 3.8) is 0 Å². The lowest BCUT2D eigenvalue weighted by Gasteiger charge is -2.22. The molecule has 5 nitrogen and oxygen atoms in total. The van der Waals surface area contributed by atoms with Gasteiger partial charge >= 0.3 is 18.0 Å². The number of alkyl halides is 2. The normalized spacial score (nSPS) is 12.8. The topological polar surface area (TPSA) is 89.6 Å². The van der Waals surface area contributed by atoms with Crippen LogP contribution in [0.2, 0.25) is 0 Å². The van der Waals surface area contributed by atoms with E-state index in [0.717, 1.165) is 0 Å². The Labute approximate surface area is 94.8 Å². The molecule has 92 valence electrons. The Kier molecular flexibility index (Phi) is 3.62. The van der Waals surface area contributed by atoms with Crippen LogP contribution >= 0.6 is 0 Å². The summed E-state index contributed by atoms with van der Waals surface area (Å²) in [5, 5.41) is 8.40. The van der Waals surface area contributed by atoms with E-state index in [-0.39, 0.29) is 5.56 Å². The predicted octanol–water partition coefficient (Wildman–Crippen LogP) is 1.54. The lowest BCUT2D eigenvalue weighted by atomic mass is 10.0. The number of ether oxygens (including phenoxy) is 1. The molecule has 0 aliphatic carbocycles. The Balaban J connectivity index is 3.13. The molecule has 3 N–H and O–H groups in total. The molecule has 1 amide bonds. The summed E-state index contributed by atoms with van der Waals surface area (Å²) in [7, 11) is 0. The highest BCUT2D eigenvalue weighted by atomic mass is 19.3. The molecule has 0 aliphatic heterocycles. The number of carbonyl (C=O) groups is 2. The lowest BCUT2D eigenvalue weighted by Crippen LogP contribution is -2.39. The van der Waals surface area contributed by atoms with E-state index in [1.54, 1.807) is 6.07 Å². The Morgan fingerprint density at radius 2 is 1.82 bits per heavy atom. The van der Waals surface area contributed by atoms with Crippen LogP contribution in [0.5, 0.6) is 0 Å². The molecule has 1 unspecified atom stereocenters. The molecule has 0 aliphatic rings. The van der Waals surface area contributed by atoms with Crippen molar-refractivity contribution in [1.82, 2.24) is 0 Å². The fraction of sp³-hybridized carbons (Fsp3) is 0.200. The Morgan fingerprint density at radius 1 is 1.29 bits per heavy atom. The number of rotatable bonds is 4. The van der Waals surface area contributed by atoms with Gasteiger partial charge in [0.15, 0.2) is 0 Å². The van der Waals surface area contributed by atoms with Crippen LogP contribution in [0.3, 0.4) is 0 Å². The van der Waals surface area contributed by atoms with E-state index in [0.29, 0.717) is 0 Å². The minimum atomic E-state index is -4.25. The van der Waals surface area contributed by atoms with Crippen LogP contribution in [0.4, 0.5) is 13.6 Å². The van der Waals surface area contributed by atoms with E-state index in [1.165, 1.54) is 24.3 Å². The van der Waals surface area contributed by atoms with Gasteiger partial charge in [-0.1, -0.05) is 30.3 Å². The second kappa shape index (κ2) is 4.77. The molecular weight excluding hydrogens is 236 g/mol. The third kappa shape index (κ3) is 2.90. The largest absolute Gasteiger partial charge is 0.477 e. The number of halogens is 2. The second-order valence-corrected chi connectivity index (χ2v) is 3.16. The summed E-state index contributed by atoms with van der Waals surface area (Å²) in [5.74, 6) is -6.65. The SMILES string of the molecule is NC(=O)OC(c1ccccc1)C(F)(F)C(=O)O. The Morgan fingerprint density at radius 3 is 2.24 bits per heavy atom. The molecule has 0 fully saturated rings. The van der Waals surface area contributed by atoms with Crippen LogP contribution in [0.1, 0.15) is 11.7 Å². The van der Waals surface area contributed by atoms with Crippen molar-refractivity contribution in [3.05, 3.63) is 35.9 Å². The molecule has 17 heavy (non-hydrogen) atoms. The molecule has 0 saturated heterocycles. The zero-order valence-corrected chi connectivity index (χ0v) is 8.47. The number of carbonyl (C=O) groups excluding carboxylic acids is 1. The standard InChI is InChI=1S/C10H9F2NO4/c11-10(12,8(14)15)7(17-9(13)16)6-4-2-1-3-5-6/h1-5,7H,(H2,13,16)(H,14,15). The number of aliphatic carboxylic acids is 1. The number of nitrogens with two attached hydrogens (primary N) is 1. The van der Waals surface area contributed by atoms with Crippen LogP contribution in [0, 0.1) is 0 Å². The maximum absolute atomic E-state index is 13.3. The highest BCUT2D eigenvalue weighted by molar-refractivity contribution is 5.77. The Hall–Kier alpha value is -2.18. The first-order chi connectivity index (χ1) is 7.85. The molecule has 1 aromatic rings. The van der Waals surface area contributed by atoms with Crippen molar-refractivity contribution >= 4 is 12.1 Å². The summed E-state index contributed by atoms with van der Waals surface area (Å²) < 4.78 is 30.8. The van der Waals surface area contributed by atoms with Gasteiger partial charge in [0.1, 0.15) is 0 Å². The summed E-state index contributed by atoms with van der Waals surface area (Å²) >= 11 is 0. The van der Waals surface area contributed by atoms with E-state index in [1.807, 2.05) is 0 Å². The highest BCUT2D eigenvalue weighted by Crippen LogP contribution is 2.34. The van der Waals surface area contributed by atoms with Gasteiger partial charge in [0, 0.05) is 0 Å². The number of carboxylic acids is 1. The van der Waals surface area contributed by atoms with Crippen LogP contribution in [-0.4, -0.2) is 23.1 Å². The van der Waals surface area contributed by atoms with Gasteiger partial charge in [-0.2, -0.15) is 8.78 Å². The number of hydrogen-bond acceptors (Lipinski definition) is 3. The summed E-state index contributed by atoms with van der Waals surface area (Å²) in [6.07, 6.45) is -3.72. The van der Waals surface area contributed by atoms with Crippen LogP contribution in [0.15, 0.2) is 30.3 Å². The van der Waals surface area contributed by atoms with Gasteiger partial charge in [0.2, 0.25) is 6.10 Å². The summed E-state index contributed by atoms with van der Waals surface area (Å²) in [5.41, 5.74) is 4.49. The second-order valence-electron chi connectivity index (χ2n) is 3.16. The Bertz CT molecular complexity index is 422. The van der Waals surface area contributed by atoms with Crippen molar-refractivity contribution in [2.24, 2.45) is 5.73 Å². The van der Waals surface area contributed by atoms with Crippen LogP contribution in [0.25, 0.3) is 0 Å². The molecule has 0 heterocycles. The van der Waals surface area contributed by atoms with E-state index >= 15 is 0 Å². The van der Waals surface area contributed by atoms with Gasteiger partial charge in [-0.25, -0.2) is 9.59 Å². The van der Waals surface area contributed by atoms with Gasteiger partial charge in [0.05, 0.1) is 0 Å². The van der Waals surface area contributed by atoms with Gasteiger partial charge in [-0.15, -0.1) is 0 Å². The first kappa shape index (κ1) is 12.9. The fourth-order valence-corrected chi connectivity index (χ4v) is 1.21. The van der Waals surface area contributed by atoms with Crippen molar-refractivity contribution in [2.75, 3.05) is 0 Å².